The normalized spacial score (nSPS) is 10.2. The molecule has 0 unspecified atom stereocenters. The maximum Gasteiger partial charge on any atom is 0.133 e. The second kappa shape index (κ2) is 3.92. The monoisotopic (exact) mass is 230 g/mol. The summed E-state index contributed by atoms with van der Waals surface area (Å²) in [6.07, 6.45) is 0.491. The lowest BCUT2D eigenvalue weighted by Crippen LogP contribution is -1.92. The Hall–Kier alpha value is -0.540. The highest BCUT2D eigenvalue weighted by Gasteiger charge is 2.06. The molecule has 0 radical (unpaired) electrons. The van der Waals surface area contributed by atoms with Gasteiger partial charge in [-0.15, -0.1) is 0 Å². The van der Waals surface area contributed by atoms with Crippen LogP contribution in [-0.4, -0.2) is 16.8 Å². The summed E-state index contributed by atoms with van der Waals surface area (Å²) in [6, 6.07) is 3.74. The molecule has 0 aliphatic heterocycles. The Morgan fingerprint density at radius 1 is 1.42 bits per heavy atom. The maximum absolute atomic E-state index is 9.55. The first-order valence-corrected chi connectivity index (χ1v) is 4.54. The molecule has 1 aromatic carbocycles. The Morgan fingerprint density at radius 2 is 2.08 bits per heavy atom. The fourth-order valence-corrected chi connectivity index (χ4v) is 1.41. The van der Waals surface area contributed by atoms with Crippen LogP contribution in [0.4, 0.5) is 0 Å². The van der Waals surface area contributed by atoms with Crippen molar-refractivity contribution >= 4 is 15.9 Å². The minimum Gasteiger partial charge on any atom is -0.506 e. The molecule has 0 bridgehead atoms. The van der Waals surface area contributed by atoms with Gasteiger partial charge in [0.25, 0.3) is 0 Å². The lowest BCUT2D eigenvalue weighted by molar-refractivity contribution is 0.297. The van der Waals surface area contributed by atoms with Crippen LogP contribution in [0.1, 0.15) is 11.1 Å². The molecular weight excluding hydrogens is 220 g/mol. The van der Waals surface area contributed by atoms with E-state index in [4.69, 9.17) is 5.11 Å². The molecule has 0 fully saturated rings. The van der Waals surface area contributed by atoms with Gasteiger partial charge in [-0.05, 0) is 40.4 Å². The van der Waals surface area contributed by atoms with E-state index in [1.807, 2.05) is 19.1 Å². The standard InChI is InChI=1S/C9H11BrO2/c1-6-2-3-7(4-5-11)9(12)8(6)10/h2-3,11-12H,4-5H2,1H3. The van der Waals surface area contributed by atoms with E-state index in [1.54, 1.807) is 0 Å². The second-order valence-corrected chi connectivity index (χ2v) is 3.47. The first-order chi connectivity index (χ1) is 5.66. The molecule has 66 valence electrons. The summed E-state index contributed by atoms with van der Waals surface area (Å²) in [7, 11) is 0. The smallest absolute Gasteiger partial charge is 0.133 e. The van der Waals surface area contributed by atoms with Crippen molar-refractivity contribution in [2.24, 2.45) is 0 Å². The number of hydrogen-bond acceptors (Lipinski definition) is 2. The largest absolute Gasteiger partial charge is 0.506 e. The zero-order valence-electron chi connectivity index (χ0n) is 6.84. The maximum atomic E-state index is 9.55. The van der Waals surface area contributed by atoms with Gasteiger partial charge in [-0.1, -0.05) is 12.1 Å². The highest BCUT2D eigenvalue weighted by Crippen LogP contribution is 2.30. The fourth-order valence-electron chi connectivity index (χ4n) is 1.03. The van der Waals surface area contributed by atoms with Crippen LogP contribution in [0.3, 0.4) is 0 Å². The van der Waals surface area contributed by atoms with E-state index in [0.29, 0.717) is 10.9 Å². The number of aliphatic hydroxyl groups excluding tert-OH is 1. The molecule has 0 amide bonds. The zero-order chi connectivity index (χ0) is 9.14. The number of aromatic hydroxyl groups is 1. The first-order valence-electron chi connectivity index (χ1n) is 3.74. The van der Waals surface area contributed by atoms with E-state index in [1.165, 1.54) is 0 Å². The molecule has 0 aromatic heterocycles. The lowest BCUT2D eigenvalue weighted by Gasteiger charge is -2.06. The predicted octanol–water partition coefficient (Wildman–Crippen LogP) is 2.00. The number of rotatable bonds is 2. The van der Waals surface area contributed by atoms with Gasteiger partial charge in [0.2, 0.25) is 0 Å². The molecule has 1 rings (SSSR count). The number of hydrogen-bond donors (Lipinski definition) is 2. The third-order valence-corrected chi connectivity index (χ3v) is 2.77. The van der Waals surface area contributed by atoms with Crippen LogP contribution in [0.5, 0.6) is 5.75 Å². The van der Waals surface area contributed by atoms with Gasteiger partial charge in [-0.25, -0.2) is 0 Å². The molecule has 0 aliphatic rings. The van der Waals surface area contributed by atoms with Crippen molar-refractivity contribution in [1.82, 2.24) is 0 Å². The topological polar surface area (TPSA) is 40.5 Å². The van der Waals surface area contributed by atoms with Gasteiger partial charge in [0.05, 0.1) is 4.47 Å². The summed E-state index contributed by atoms with van der Waals surface area (Å²) in [5.41, 5.74) is 1.77. The third-order valence-electron chi connectivity index (χ3n) is 1.77. The van der Waals surface area contributed by atoms with Crippen molar-refractivity contribution in [3.63, 3.8) is 0 Å². The molecule has 1 aromatic rings. The molecular formula is C9H11BrO2. The number of benzene rings is 1. The Labute approximate surface area is 80.0 Å². The molecule has 0 saturated heterocycles. The molecule has 3 heteroatoms. The van der Waals surface area contributed by atoms with Crippen LogP contribution in [0.25, 0.3) is 0 Å². The minimum absolute atomic E-state index is 0.0586. The number of aryl methyl sites for hydroxylation is 1. The fraction of sp³-hybridized carbons (Fsp3) is 0.333. The summed E-state index contributed by atoms with van der Waals surface area (Å²) in [6.45, 7) is 1.97. The number of phenols is 1. The van der Waals surface area contributed by atoms with Crippen molar-refractivity contribution < 1.29 is 10.2 Å². The highest BCUT2D eigenvalue weighted by molar-refractivity contribution is 9.10. The summed E-state index contributed by atoms with van der Waals surface area (Å²) in [5, 5.41) is 18.2. The Balaban J connectivity index is 3.08. The van der Waals surface area contributed by atoms with E-state index >= 15 is 0 Å². The van der Waals surface area contributed by atoms with Gasteiger partial charge in [0, 0.05) is 6.61 Å². The van der Waals surface area contributed by atoms with Crippen molar-refractivity contribution in [2.45, 2.75) is 13.3 Å². The second-order valence-electron chi connectivity index (χ2n) is 2.68. The molecule has 0 aliphatic carbocycles. The van der Waals surface area contributed by atoms with E-state index in [2.05, 4.69) is 15.9 Å². The van der Waals surface area contributed by atoms with Crippen molar-refractivity contribution in [2.75, 3.05) is 6.61 Å². The van der Waals surface area contributed by atoms with Crippen molar-refractivity contribution in [1.29, 1.82) is 0 Å². The van der Waals surface area contributed by atoms with Crippen molar-refractivity contribution in [3.8, 4) is 5.75 Å². The summed E-state index contributed by atoms with van der Waals surface area (Å²) in [5.74, 6) is 0.240. The van der Waals surface area contributed by atoms with Crippen LogP contribution in [0.2, 0.25) is 0 Å². The number of aliphatic hydroxyl groups is 1. The molecule has 0 atom stereocenters. The first kappa shape index (κ1) is 9.55. The summed E-state index contributed by atoms with van der Waals surface area (Å²) in [4.78, 5) is 0. The predicted molar refractivity (Wildman–Crippen MR) is 51.3 cm³/mol. The highest BCUT2D eigenvalue weighted by atomic mass is 79.9. The van der Waals surface area contributed by atoms with Crippen LogP contribution in [0, 0.1) is 6.92 Å². The van der Waals surface area contributed by atoms with Crippen molar-refractivity contribution in [3.05, 3.63) is 27.7 Å². The molecule has 2 nitrogen and oxygen atoms in total. The van der Waals surface area contributed by atoms with E-state index in [0.717, 1.165) is 11.1 Å². The zero-order valence-corrected chi connectivity index (χ0v) is 8.43. The lowest BCUT2D eigenvalue weighted by atomic mass is 10.1. The Morgan fingerprint density at radius 3 is 2.67 bits per heavy atom. The summed E-state index contributed by atoms with van der Waals surface area (Å²) >= 11 is 3.27. The van der Waals surface area contributed by atoms with E-state index in [-0.39, 0.29) is 12.4 Å². The van der Waals surface area contributed by atoms with Gasteiger partial charge in [0.15, 0.2) is 0 Å². The average Bonchev–Trinajstić information content (AvgIpc) is 2.07. The molecule has 12 heavy (non-hydrogen) atoms. The molecule has 0 saturated carbocycles. The van der Waals surface area contributed by atoms with Crippen LogP contribution >= 0.6 is 15.9 Å². The van der Waals surface area contributed by atoms with Gasteiger partial charge in [0.1, 0.15) is 5.75 Å². The SMILES string of the molecule is Cc1ccc(CCO)c(O)c1Br. The van der Waals surface area contributed by atoms with Gasteiger partial charge < -0.3 is 10.2 Å². The van der Waals surface area contributed by atoms with Gasteiger partial charge in [-0.2, -0.15) is 0 Å². The van der Waals surface area contributed by atoms with E-state index in [9.17, 15) is 5.11 Å². The Kier molecular flexibility index (Phi) is 3.12. The van der Waals surface area contributed by atoms with Crippen LogP contribution < -0.4 is 0 Å². The van der Waals surface area contributed by atoms with E-state index < -0.39 is 0 Å². The number of phenolic OH excluding ortho intramolecular Hbond substituents is 1. The summed E-state index contributed by atoms with van der Waals surface area (Å²) < 4.78 is 0.716. The van der Waals surface area contributed by atoms with Crippen LogP contribution in [0.15, 0.2) is 16.6 Å². The molecule has 0 spiro atoms. The van der Waals surface area contributed by atoms with Gasteiger partial charge in [-0.3, -0.25) is 0 Å². The minimum atomic E-state index is 0.0586. The third kappa shape index (κ3) is 1.79. The Bertz CT molecular complexity index is 284. The van der Waals surface area contributed by atoms with Crippen LogP contribution in [-0.2, 0) is 6.42 Å². The van der Waals surface area contributed by atoms with Gasteiger partial charge >= 0.3 is 0 Å². The molecule has 0 heterocycles. The number of halogens is 1. The average molecular weight is 231 g/mol. The quantitative estimate of drug-likeness (QED) is 0.817. The molecule has 2 N–H and O–H groups in total.